The van der Waals surface area contributed by atoms with Gasteiger partial charge in [0.2, 0.25) is 5.91 Å². The molecular weight excluding hydrogens is 308 g/mol. The fraction of sp³-hybridized carbons (Fsp3) is 0.824. The molecule has 24 heavy (non-hydrogen) atoms. The van der Waals surface area contributed by atoms with Crippen molar-refractivity contribution in [1.29, 1.82) is 0 Å². The summed E-state index contributed by atoms with van der Waals surface area (Å²) in [5, 5.41) is 5.73. The Balaban J connectivity index is 2.09. The van der Waals surface area contributed by atoms with Crippen molar-refractivity contribution in [2.45, 2.75) is 64.5 Å². The Kier molecular flexibility index (Phi) is 5.22. The molecule has 0 bridgehead atoms. The molecule has 0 aromatic rings. The molecule has 3 atom stereocenters. The van der Waals surface area contributed by atoms with Gasteiger partial charge in [0.05, 0.1) is 5.54 Å². The first-order valence-electron chi connectivity index (χ1n) is 8.81. The molecule has 0 aromatic carbocycles. The number of nitrogens with zero attached hydrogens (tertiary/aromatic N) is 1. The largest absolute Gasteiger partial charge is 0.348 e. The molecule has 0 radical (unpaired) electrons. The maximum absolute atomic E-state index is 12.8. The van der Waals surface area contributed by atoms with E-state index in [0.717, 1.165) is 24.2 Å². The van der Waals surface area contributed by atoms with Crippen LogP contribution in [0.2, 0.25) is 0 Å². The van der Waals surface area contributed by atoms with Crippen LogP contribution in [0.25, 0.3) is 0 Å². The van der Waals surface area contributed by atoms with Crippen molar-refractivity contribution in [3.05, 3.63) is 0 Å². The molecule has 4 amide bonds. The standard InChI is InChI=1S/C17H30N4O3/c1-11(2)16(4,10-18)19-13(22)9-21-14(23)17(20-15(21)24)8-6-5-7-12(17)3/h11-12H,5-10,18H2,1-4H3,(H,19,22)(H,20,24). The molecule has 1 aliphatic carbocycles. The summed E-state index contributed by atoms with van der Waals surface area (Å²) in [6.45, 7) is 7.83. The van der Waals surface area contributed by atoms with Crippen LogP contribution in [0.15, 0.2) is 0 Å². The van der Waals surface area contributed by atoms with Crippen LogP contribution in [0, 0.1) is 11.8 Å². The van der Waals surface area contributed by atoms with Crippen molar-refractivity contribution in [3.8, 4) is 0 Å². The van der Waals surface area contributed by atoms with Crippen molar-refractivity contribution in [2.75, 3.05) is 13.1 Å². The second kappa shape index (κ2) is 6.70. The molecule has 7 nitrogen and oxygen atoms in total. The predicted molar refractivity (Wildman–Crippen MR) is 91.0 cm³/mol. The molecule has 1 spiro atoms. The molecule has 136 valence electrons. The van der Waals surface area contributed by atoms with Gasteiger partial charge < -0.3 is 16.4 Å². The summed E-state index contributed by atoms with van der Waals surface area (Å²) in [5.74, 6) is -0.408. The molecule has 0 aromatic heterocycles. The third-order valence-corrected chi connectivity index (χ3v) is 5.93. The molecule has 1 aliphatic heterocycles. The van der Waals surface area contributed by atoms with Crippen LogP contribution in [-0.4, -0.2) is 46.9 Å². The average molecular weight is 338 g/mol. The van der Waals surface area contributed by atoms with Crippen molar-refractivity contribution < 1.29 is 14.4 Å². The van der Waals surface area contributed by atoms with Gasteiger partial charge in [-0.1, -0.05) is 33.6 Å². The minimum Gasteiger partial charge on any atom is -0.348 e. The van der Waals surface area contributed by atoms with E-state index in [4.69, 9.17) is 5.73 Å². The third kappa shape index (κ3) is 3.14. The van der Waals surface area contributed by atoms with E-state index in [9.17, 15) is 14.4 Å². The van der Waals surface area contributed by atoms with Gasteiger partial charge in [-0.3, -0.25) is 14.5 Å². The fourth-order valence-corrected chi connectivity index (χ4v) is 3.57. The molecule has 1 saturated carbocycles. The number of carbonyl (C=O) groups excluding carboxylic acids is 3. The highest BCUT2D eigenvalue weighted by atomic mass is 16.2. The van der Waals surface area contributed by atoms with Crippen LogP contribution in [0.3, 0.4) is 0 Å². The number of hydrogen-bond donors (Lipinski definition) is 3. The lowest BCUT2D eigenvalue weighted by Gasteiger charge is -2.37. The Hall–Kier alpha value is -1.63. The van der Waals surface area contributed by atoms with Crippen molar-refractivity contribution in [3.63, 3.8) is 0 Å². The van der Waals surface area contributed by atoms with Crippen molar-refractivity contribution in [1.82, 2.24) is 15.5 Å². The molecule has 2 fully saturated rings. The third-order valence-electron chi connectivity index (χ3n) is 5.93. The first-order valence-corrected chi connectivity index (χ1v) is 8.81. The number of nitrogens with two attached hydrogens (primary N) is 1. The molecule has 4 N–H and O–H groups in total. The summed E-state index contributed by atoms with van der Waals surface area (Å²) in [5.41, 5.74) is 4.38. The second-order valence-corrected chi connectivity index (χ2v) is 7.76. The second-order valence-electron chi connectivity index (χ2n) is 7.76. The van der Waals surface area contributed by atoms with Crippen LogP contribution in [0.1, 0.15) is 53.4 Å². The molecule has 3 unspecified atom stereocenters. The van der Waals surface area contributed by atoms with Gasteiger partial charge in [-0.2, -0.15) is 0 Å². The highest BCUT2D eigenvalue weighted by molar-refractivity contribution is 6.09. The lowest BCUT2D eigenvalue weighted by Crippen LogP contribution is -2.57. The van der Waals surface area contributed by atoms with Gasteiger partial charge in [0.1, 0.15) is 12.1 Å². The van der Waals surface area contributed by atoms with E-state index in [1.54, 1.807) is 0 Å². The van der Waals surface area contributed by atoms with Gasteiger partial charge in [-0.15, -0.1) is 0 Å². The van der Waals surface area contributed by atoms with Gasteiger partial charge in [0, 0.05) is 6.54 Å². The molecule has 1 heterocycles. The van der Waals surface area contributed by atoms with E-state index < -0.39 is 17.1 Å². The van der Waals surface area contributed by atoms with Crippen LogP contribution >= 0.6 is 0 Å². The summed E-state index contributed by atoms with van der Waals surface area (Å²) >= 11 is 0. The van der Waals surface area contributed by atoms with Crippen LogP contribution in [0.5, 0.6) is 0 Å². The lowest BCUT2D eigenvalue weighted by molar-refractivity contribution is -0.137. The van der Waals surface area contributed by atoms with Gasteiger partial charge in [-0.05, 0) is 31.6 Å². The number of amides is 4. The van der Waals surface area contributed by atoms with E-state index in [0.29, 0.717) is 6.42 Å². The first-order chi connectivity index (χ1) is 11.2. The van der Waals surface area contributed by atoms with E-state index in [-0.39, 0.29) is 36.7 Å². The van der Waals surface area contributed by atoms with Crippen molar-refractivity contribution >= 4 is 17.8 Å². The highest BCUT2D eigenvalue weighted by Gasteiger charge is 2.55. The maximum atomic E-state index is 12.8. The van der Waals surface area contributed by atoms with Crippen LogP contribution < -0.4 is 16.4 Å². The summed E-state index contributed by atoms with van der Waals surface area (Å²) in [7, 11) is 0. The number of carbonyl (C=O) groups is 3. The number of imide groups is 1. The molecular formula is C17H30N4O3. The van der Waals surface area contributed by atoms with E-state index in [2.05, 4.69) is 10.6 Å². The van der Waals surface area contributed by atoms with Gasteiger partial charge in [-0.25, -0.2) is 4.79 Å². The van der Waals surface area contributed by atoms with Gasteiger partial charge in [0.15, 0.2) is 0 Å². The zero-order chi connectivity index (χ0) is 18.1. The zero-order valence-corrected chi connectivity index (χ0v) is 15.1. The van der Waals surface area contributed by atoms with E-state index in [1.807, 2.05) is 27.7 Å². The number of nitrogens with one attached hydrogen (secondary N) is 2. The first kappa shape index (κ1) is 18.7. The Morgan fingerprint density at radius 1 is 1.46 bits per heavy atom. The highest BCUT2D eigenvalue weighted by Crippen LogP contribution is 2.38. The summed E-state index contributed by atoms with van der Waals surface area (Å²) in [6, 6.07) is -0.470. The SMILES string of the molecule is CC(C)C(C)(CN)NC(=O)CN1C(=O)NC2(CCCCC2C)C1=O. The maximum Gasteiger partial charge on any atom is 0.325 e. The van der Waals surface area contributed by atoms with Gasteiger partial charge >= 0.3 is 6.03 Å². The Morgan fingerprint density at radius 3 is 2.67 bits per heavy atom. The number of hydrogen-bond acceptors (Lipinski definition) is 4. The average Bonchev–Trinajstić information content (AvgIpc) is 2.75. The predicted octanol–water partition coefficient (Wildman–Crippen LogP) is 0.977. The van der Waals surface area contributed by atoms with E-state index >= 15 is 0 Å². The topological polar surface area (TPSA) is 105 Å². The van der Waals surface area contributed by atoms with Crippen molar-refractivity contribution in [2.24, 2.45) is 17.6 Å². The number of rotatable bonds is 5. The minimum absolute atomic E-state index is 0.0840. The fourth-order valence-electron chi connectivity index (χ4n) is 3.57. The Morgan fingerprint density at radius 2 is 2.12 bits per heavy atom. The minimum atomic E-state index is -0.829. The molecule has 7 heteroatoms. The summed E-state index contributed by atoms with van der Waals surface area (Å²) in [6.07, 6.45) is 3.53. The Bertz CT molecular complexity index is 536. The molecule has 1 saturated heterocycles. The lowest BCUT2D eigenvalue weighted by atomic mass is 9.73. The van der Waals surface area contributed by atoms with Gasteiger partial charge in [0.25, 0.3) is 5.91 Å². The summed E-state index contributed by atoms with van der Waals surface area (Å²) < 4.78 is 0. The monoisotopic (exact) mass is 338 g/mol. The van der Waals surface area contributed by atoms with E-state index in [1.165, 1.54) is 0 Å². The zero-order valence-electron chi connectivity index (χ0n) is 15.1. The smallest absolute Gasteiger partial charge is 0.325 e. The Labute approximate surface area is 143 Å². The van der Waals surface area contributed by atoms with Crippen LogP contribution in [0.4, 0.5) is 4.79 Å². The summed E-state index contributed by atoms with van der Waals surface area (Å²) in [4.78, 5) is 38.6. The van der Waals surface area contributed by atoms with Crippen LogP contribution in [-0.2, 0) is 9.59 Å². The molecule has 2 rings (SSSR count). The number of urea groups is 1. The normalized spacial score (nSPS) is 29.8. The molecule has 2 aliphatic rings. The quantitative estimate of drug-likeness (QED) is 0.650.